The van der Waals surface area contributed by atoms with Crippen LogP contribution in [0.1, 0.15) is 23.6 Å². The third-order valence-electron chi connectivity index (χ3n) is 4.24. The van der Waals surface area contributed by atoms with Crippen molar-refractivity contribution in [1.29, 1.82) is 0 Å². The Morgan fingerprint density at radius 2 is 2.14 bits per heavy atom. The van der Waals surface area contributed by atoms with E-state index in [1.54, 1.807) is 6.07 Å². The van der Waals surface area contributed by atoms with Crippen molar-refractivity contribution in [2.24, 2.45) is 0 Å². The summed E-state index contributed by atoms with van der Waals surface area (Å²) in [4.78, 5) is 14.2. The Hall–Kier alpha value is -1.65. The summed E-state index contributed by atoms with van der Waals surface area (Å²) >= 11 is 0. The molecule has 1 atom stereocenters. The lowest BCUT2D eigenvalue weighted by molar-refractivity contribution is -0.0211. The van der Waals surface area contributed by atoms with Gasteiger partial charge in [0, 0.05) is 31.1 Å². The topological polar surface area (TPSA) is 42.7 Å². The first kappa shape index (κ1) is 14.3. The van der Waals surface area contributed by atoms with Gasteiger partial charge in [0.1, 0.15) is 5.58 Å². The highest BCUT2D eigenvalue weighted by molar-refractivity contribution is 5.83. The van der Waals surface area contributed by atoms with Gasteiger partial charge in [-0.25, -0.2) is 4.79 Å². The molecule has 4 heteroatoms. The molecule has 2 heterocycles. The average Bonchev–Trinajstić information content (AvgIpc) is 2.43. The number of fused-ring (bicyclic) bond motifs is 1. The highest BCUT2D eigenvalue weighted by Crippen LogP contribution is 2.24. The van der Waals surface area contributed by atoms with Crippen LogP contribution in [0.5, 0.6) is 0 Å². The number of hydrogen-bond donors (Lipinski definition) is 0. The Morgan fingerprint density at radius 1 is 1.33 bits per heavy atom. The Bertz CT molecular complexity index is 720. The second kappa shape index (κ2) is 5.62. The van der Waals surface area contributed by atoms with Crippen LogP contribution in [0.25, 0.3) is 11.0 Å². The zero-order valence-electron chi connectivity index (χ0n) is 12.8. The number of benzene rings is 1. The van der Waals surface area contributed by atoms with Crippen LogP contribution in [-0.4, -0.2) is 30.7 Å². The van der Waals surface area contributed by atoms with Crippen molar-refractivity contribution in [2.75, 3.05) is 19.7 Å². The summed E-state index contributed by atoms with van der Waals surface area (Å²) in [5.41, 5.74) is 3.68. The van der Waals surface area contributed by atoms with Crippen molar-refractivity contribution < 1.29 is 9.15 Å². The highest BCUT2D eigenvalue weighted by Gasteiger charge is 2.18. The van der Waals surface area contributed by atoms with Gasteiger partial charge in [-0.05, 0) is 37.5 Å². The summed E-state index contributed by atoms with van der Waals surface area (Å²) in [6.07, 6.45) is 0.245. The number of ether oxygens (including phenoxy) is 1. The fourth-order valence-electron chi connectivity index (χ4n) is 2.93. The van der Waals surface area contributed by atoms with Crippen LogP contribution >= 0.6 is 0 Å². The molecule has 0 unspecified atom stereocenters. The van der Waals surface area contributed by atoms with Gasteiger partial charge in [0.2, 0.25) is 0 Å². The van der Waals surface area contributed by atoms with Crippen molar-refractivity contribution in [3.05, 3.63) is 45.3 Å². The molecular weight excluding hydrogens is 266 g/mol. The van der Waals surface area contributed by atoms with Crippen LogP contribution in [0.3, 0.4) is 0 Å². The summed E-state index contributed by atoms with van der Waals surface area (Å²) < 4.78 is 11.0. The van der Waals surface area contributed by atoms with Gasteiger partial charge < -0.3 is 9.15 Å². The number of morpholine rings is 1. The molecule has 1 aliphatic rings. The SMILES string of the molecule is Cc1ccc2c(CN3CCO[C@@H](C)C3)cc(=O)oc2c1C. The second-order valence-corrected chi connectivity index (χ2v) is 5.89. The van der Waals surface area contributed by atoms with Gasteiger partial charge in [-0.2, -0.15) is 0 Å². The Kier molecular flexibility index (Phi) is 3.83. The summed E-state index contributed by atoms with van der Waals surface area (Å²) in [6, 6.07) is 5.76. The fraction of sp³-hybridized carbons (Fsp3) is 0.471. The van der Waals surface area contributed by atoms with Crippen molar-refractivity contribution in [2.45, 2.75) is 33.4 Å². The van der Waals surface area contributed by atoms with E-state index < -0.39 is 0 Å². The van der Waals surface area contributed by atoms with Gasteiger partial charge >= 0.3 is 5.63 Å². The quantitative estimate of drug-likeness (QED) is 0.796. The monoisotopic (exact) mass is 287 g/mol. The maximum atomic E-state index is 11.9. The molecule has 1 aromatic heterocycles. The fourth-order valence-corrected chi connectivity index (χ4v) is 2.93. The maximum Gasteiger partial charge on any atom is 0.336 e. The van der Waals surface area contributed by atoms with E-state index in [2.05, 4.69) is 24.0 Å². The number of nitrogens with zero attached hydrogens (tertiary/aromatic N) is 1. The molecule has 112 valence electrons. The lowest BCUT2D eigenvalue weighted by Crippen LogP contribution is -2.40. The van der Waals surface area contributed by atoms with Crippen molar-refractivity contribution in [1.82, 2.24) is 4.90 Å². The Labute approximate surface area is 124 Å². The van der Waals surface area contributed by atoms with E-state index >= 15 is 0 Å². The first-order valence-electron chi connectivity index (χ1n) is 7.41. The normalized spacial score (nSPS) is 20.0. The number of hydrogen-bond acceptors (Lipinski definition) is 4. The van der Waals surface area contributed by atoms with E-state index in [0.717, 1.165) is 53.9 Å². The predicted octanol–water partition coefficient (Wildman–Crippen LogP) is 2.63. The molecule has 0 N–H and O–H groups in total. The smallest absolute Gasteiger partial charge is 0.336 e. The molecule has 3 rings (SSSR count). The molecule has 2 aromatic rings. The molecule has 1 aromatic carbocycles. The van der Waals surface area contributed by atoms with E-state index in [-0.39, 0.29) is 11.7 Å². The molecule has 0 aliphatic carbocycles. The van der Waals surface area contributed by atoms with Gasteiger partial charge in [0.25, 0.3) is 0 Å². The lowest BCUT2D eigenvalue weighted by atomic mass is 10.0. The highest BCUT2D eigenvalue weighted by atomic mass is 16.5. The van der Waals surface area contributed by atoms with Gasteiger partial charge in [-0.1, -0.05) is 12.1 Å². The molecule has 1 aliphatic heterocycles. The predicted molar refractivity (Wildman–Crippen MR) is 82.6 cm³/mol. The number of aryl methyl sites for hydroxylation is 2. The zero-order valence-corrected chi connectivity index (χ0v) is 12.8. The minimum atomic E-state index is -0.271. The van der Waals surface area contributed by atoms with E-state index in [9.17, 15) is 4.79 Å². The molecule has 1 saturated heterocycles. The van der Waals surface area contributed by atoms with Crippen LogP contribution < -0.4 is 5.63 Å². The van der Waals surface area contributed by atoms with Crippen LogP contribution in [0, 0.1) is 13.8 Å². The minimum absolute atomic E-state index is 0.245. The van der Waals surface area contributed by atoms with Crippen molar-refractivity contribution in [3.8, 4) is 0 Å². The number of rotatable bonds is 2. The van der Waals surface area contributed by atoms with Crippen LogP contribution in [0.4, 0.5) is 0 Å². The molecule has 0 bridgehead atoms. The summed E-state index contributed by atoms with van der Waals surface area (Å²) in [6.45, 7) is 9.42. The summed E-state index contributed by atoms with van der Waals surface area (Å²) in [5.74, 6) is 0. The van der Waals surface area contributed by atoms with Crippen LogP contribution in [0.15, 0.2) is 27.4 Å². The minimum Gasteiger partial charge on any atom is -0.422 e. The average molecular weight is 287 g/mol. The van der Waals surface area contributed by atoms with Gasteiger partial charge in [-0.3, -0.25) is 4.90 Å². The van der Waals surface area contributed by atoms with E-state index in [1.807, 2.05) is 13.8 Å². The van der Waals surface area contributed by atoms with Crippen molar-refractivity contribution >= 4 is 11.0 Å². The van der Waals surface area contributed by atoms with E-state index in [0.29, 0.717) is 0 Å². The van der Waals surface area contributed by atoms with Gasteiger partial charge in [0.05, 0.1) is 12.7 Å². The third-order valence-corrected chi connectivity index (χ3v) is 4.24. The molecule has 4 nitrogen and oxygen atoms in total. The second-order valence-electron chi connectivity index (χ2n) is 5.89. The van der Waals surface area contributed by atoms with E-state index in [1.165, 1.54) is 0 Å². The first-order chi connectivity index (χ1) is 10.0. The third kappa shape index (κ3) is 2.87. The summed E-state index contributed by atoms with van der Waals surface area (Å²) in [7, 11) is 0. The van der Waals surface area contributed by atoms with Crippen LogP contribution in [-0.2, 0) is 11.3 Å². The maximum absolute atomic E-state index is 11.9. The Morgan fingerprint density at radius 3 is 2.90 bits per heavy atom. The molecule has 0 spiro atoms. The largest absolute Gasteiger partial charge is 0.422 e. The molecular formula is C17H21NO3. The lowest BCUT2D eigenvalue weighted by Gasteiger charge is -2.31. The van der Waals surface area contributed by atoms with E-state index in [4.69, 9.17) is 9.15 Å². The van der Waals surface area contributed by atoms with Crippen LogP contribution in [0.2, 0.25) is 0 Å². The first-order valence-corrected chi connectivity index (χ1v) is 7.41. The van der Waals surface area contributed by atoms with Crippen molar-refractivity contribution in [3.63, 3.8) is 0 Å². The molecule has 1 fully saturated rings. The molecule has 21 heavy (non-hydrogen) atoms. The molecule has 0 saturated carbocycles. The Balaban J connectivity index is 2.02. The zero-order chi connectivity index (χ0) is 15.0. The summed E-state index contributed by atoms with van der Waals surface area (Å²) in [5, 5.41) is 1.04. The molecule has 0 radical (unpaired) electrons. The van der Waals surface area contributed by atoms with Gasteiger partial charge in [0.15, 0.2) is 0 Å². The molecule has 0 amide bonds. The standard InChI is InChI=1S/C17H21NO3/c1-11-4-5-15-14(8-16(19)21-17(15)13(11)3)10-18-6-7-20-12(2)9-18/h4-5,8,12H,6-7,9-10H2,1-3H3/t12-/m0/s1. The van der Waals surface area contributed by atoms with Gasteiger partial charge in [-0.15, -0.1) is 0 Å².